The number of guanidine groups is 1. The summed E-state index contributed by atoms with van der Waals surface area (Å²) < 4.78 is 5.19. The van der Waals surface area contributed by atoms with E-state index in [1.54, 1.807) is 7.11 Å². The number of likely N-dealkylation sites (N-methyl/N-ethyl adjacent to an activating group) is 1. The molecule has 0 bridgehead atoms. The highest BCUT2D eigenvalue weighted by Crippen LogP contribution is 2.16. The monoisotopic (exact) mass is 305 g/mol. The quantitative estimate of drug-likeness (QED) is 0.629. The van der Waals surface area contributed by atoms with Crippen LogP contribution in [-0.4, -0.2) is 69.2 Å². The maximum Gasteiger partial charge on any atom is 0.193 e. The van der Waals surface area contributed by atoms with Crippen LogP contribution in [0, 0.1) is 0 Å². The first-order chi connectivity index (χ1) is 10.7. The fourth-order valence-corrected chi connectivity index (χ4v) is 2.52. The minimum absolute atomic E-state index is 0.445. The molecule has 1 fully saturated rings. The van der Waals surface area contributed by atoms with Crippen LogP contribution in [0.1, 0.15) is 6.42 Å². The van der Waals surface area contributed by atoms with Crippen molar-refractivity contribution in [3.05, 3.63) is 24.3 Å². The number of ether oxygens (including phenoxy) is 1. The van der Waals surface area contributed by atoms with Gasteiger partial charge in [0.15, 0.2) is 5.96 Å². The average molecular weight is 305 g/mol. The van der Waals surface area contributed by atoms with Gasteiger partial charge in [-0.05, 0) is 38.7 Å². The molecule has 6 nitrogen and oxygen atoms in total. The minimum atomic E-state index is 0.445. The summed E-state index contributed by atoms with van der Waals surface area (Å²) in [7, 11) is 3.83. The fourth-order valence-electron chi connectivity index (χ4n) is 2.52. The van der Waals surface area contributed by atoms with E-state index in [4.69, 9.17) is 10.5 Å². The molecule has 6 heteroatoms. The summed E-state index contributed by atoms with van der Waals surface area (Å²) in [5.74, 6) is 1.24. The van der Waals surface area contributed by atoms with Gasteiger partial charge in [-0.25, -0.2) is 0 Å². The number of benzene rings is 1. The van der Waals surface area contributed by atoms with E-state index in [1.807, 2.05) is 24.3 Å². The van der Waals surface area contributed by atoms with Crippen LogP contribution in [0.4, 0.5) is 5.69 Å². The molecule has 1 saturated heterocycles. The van der Waals surface area contributed by atoms with Crippen molar-refractivity contribution in [1.29, 1.82) is 0 Å². The number of nitrogens with one attached hydrogen (secondary N) is 1. The van der Waals surface area contributed by atoms with Crippen molar-refractivity contribution in [3.63, 3.8) is 0 Å². The third-order valence-corrected chi connectivity index (χ3v) is 3.85. The molecule has 1 aromatic carbocycles. The second-order valence-corrected chi connectivity index (χ2v) is 5.62. The predicted molar refractivity (Wildman–Crippen MR) is 91.7 cm³/mol. The molecular weight excluding hydrogens is 278 g/mol. The van der Waals surface area contributed by atoms with Gasteiger partial charge >= 0.3 is 0 Å². The Labute approximate surface area is 132 Å². The lowest BCUT2D eigenvalue weighted by molar-refractivity contribution is 0.283. The Hall–Kier alpha value is -1.79. The third kappa shape index (κ3) is 5.54. The first kappa shape index (κ1) is 16.6. The molecule has 22 heavy (non-hydrogen) atoms. The van der Waals surface area contributed by atoms with Crippen molar-refractivity contribution < 1.29 is 4.74 Å². The molecule has 0 unspecified atom stereocenters. The normalized spacial score (nSPS) is 18.0. The van der Waals surface area contributed by atoms with Crippen molar-refractivity contribution in [2.24, 2.45) is 10.7 Å². The number of nitrogens with zero attached hydrogens (tertiary/aromatic N) is 3. The van der Waals surface area contributed by atoms with Crippen molar-refractivity contribution in [2.45, 2.75) is 6.42 Å². The Balaban J connectivity index is 1.77. The summed E-state index contributed by atoms with van der Waals surface area (Å²) in [6.07, 6.45) is 1.22. The minimum Gasteiger partial charge on any atom is -0.497 e. The molecule has 0 spiro atoms. The molecule has 1 heterocycles. The number of aliphatic imine (C=N–C) groups is 1. The van der Waals surface area contributed by atoms with Gasteiger partial charge in [-0.2, -0.15) is 0 Å². The Morgan fingerprint density at radius 2 is 2.18 bits per heavy atom. The number of hydrogen-bond acceptors (Lipinski definition) is 4. The topological polar surface area (TPSA) is 66.1 Å². The molecule has 0 amide bonds. The summed E-state index contributed by atoms with van der Waals surface area (Å²) in [5, 5.41) is 3.09. The van der Waals surface area contributed by atoms with E-state index in [-0.39, 0.29) is 0 Å². The summed E-state index contributed by atoms with van der Waals surface area (Å²) >= 11 is 0. The molecule has 0 atom stereocenters. The predicted octanol–water partition coefficient (Wildman–Crippen LogP) is 1.06. The molecule has 3 N–H and O–H groups in total. The molecule has 122 valence electrons. The molecule has 1 aromatic rings. The zero-order valence-corrected chi connectivity index (χ0v) is 13.6. The Morgan fingerprint density at radius 3 is 3.00 bits per heavy atom. The second kappa shape index (κ2) is 8.60. The van der Waals surface area contributed by atoms with E-state index in [0.717, 1.165) is 37.6 Å². The Bertz CT molecular complexity index is 491. The highest BCUT2D eigenvalue weighted by Gasteiger charge is 2.11. The first-order valence-electron chi connectivity index (χ1n) is 7.79. The number of nitrogens with two attached hydrogens (primary N) is 1. The summed E-state index contributed by atoms with van der Waals surface area (Å²) in [6.45, 7) is 6.22. The van der Waals surface area contributed by atoms with Crippen LogP contribution in [0.3, 0.4) is 0 Å². The van der Waals surface area contributed by atoms with E-state index in [1.165, 1.54) is 13.0 Å². The fraction of sp³-hybridized carbons (Fsp3) is 0.562. The second-order valence-electron chi connectivity index (χ2n) is 5.62. The smallest absolute Gasteiger partial charge is 0.193 e. The number of anilines is 1. The first-order valence-corrected chi connectivity index (χ1v) is 7.79. The lowest BCUT2D eigenvalue weighted by atomic mass is 10.3. The SMILES string of the molecule is COc1cccc(NC(N)=NCCN2CCCN(C)CC2)c1. The lowest BCUT2D eigenvalue weighted by Crippen LogP contribution is -2.32. The molecular formula is C16H27N5O. The number of methoxy groups -OCH3 is 1. The zero-order valence-electron chi connectivity index (χ0n) is 13.6. The van der Waals surface area contributed by atoms with Crippen LogP contribution in [0.25, 0.3) is 0 Å². The van der Waals surface area contributed by atoms with Gasteiger partial charge in [-0.1, -0.05) is 6.07 Å². The van der Waals surface area contributed by atoms with Crippen LogP contribution in [-0.2, 0) is 0 Å². The van der Waals surface area contributed by atoms with Gasteiger partial charge in [0.25, 0.3) is 0 Å². The molecule has 0 aliphatic carbocycles. The molecule has 1 aliphatic heterocycles. The summed E-state index contributed by atoms with van der Waals surface area (Å²) in [5.41, 5.74) is 6.82. The van der Waals surface area contributed by atoms with Gasteiger partial charge in [0.1, 0.15) is 5.75 Å². The number of rotatable bonds is 5. The Kier molecular flexibility index (Phi) is 6.48. The highest BCUT2D eigenvalue weighted by molar-refractivity contribution is 5.92. The molecule has 2 rings (SSSR count). The average Bonchev–Trinajstić information content (AvgIpc) is 2.72. The maximum atomic E-state index is 5.94. The third-order valence-electron chi connectivity index (χ3n) is 3.85. The van der Waals surface area contributed by atoms with Crippen LogP contribution in [0.5, 0.6) is 5.75 Å². The van der Waals surface area contributed by atoms with Crippen molar-refractivity contribution in [1.82, 2.24) is 9.80 Å². The van der Waals surface area contributed by atoms with Gasteiger partial charge in [-0.3, -0.25) is 4.99 Å². The summed E-state index contributed by atoms with van der Waals surface area (Å²) in [6, 6.07) is 7.65. The molecule has 0 aromatic heterocycles. The van der Waals surface area contributed by atoms with E-state index in [9.17, 15) is 0 Å². The van der Waals surface area contributed by atoms with Crippen LogP contribution in [0.15, 0.2) is 29.3 Å². The zero-order chi connectivity index (χ0) is 15.8. The van der Waals surface area contributed by atoms with Crippen molar-refractivity contribution >= 4 is 11.6 Å². The Morgan fingerprint density at radius 1 is 1.32 bits per heavy atom. The van der Waals surface area contributed by atoms with Crippen LogP contribution < -0.4 is 15.8 Å². The van der Waals surface area contributed by atoms with Gasteiger partial charge in [0, 0.05) is 31.4 Å². The van der Waals surface area contributed by atoms with Crippen LogP contribution >= 0.6 is 0 Å². The summed E-state index contributed by atoms with van der Waals surface area (Å²) in [4.78, 5) is 9.23. The van der Waals surface area contributed by atoms with E-state index >= 15 is 0 Å². The van der Waals surface area contributed by atoms with Gasteiger partial charge in [0.2, 0.25) is 0 Å². The van der Waals surface area contributed by atoms with Crippen LogP contribution in [0.2, 0.25) is 0 Å². The van der Waals surface area contributed by atoms with Crippen molar-refractivity contribution in [3.8, 4) is 5.75 Å². The number of hydrogen-bond donors (Lipinski definition) is 2. The molecule has 0 saturated carbocycles. The van der Waals surface area contributed by atoms with Gasteiger partial charge in [0.05, 0.1) is 13.7 Å². The maximum absolute atomic E-state index is 5.94. The lowest BCUT2D eigenvalue weighted by Gasteiger charge is -2.18. The van der Waals surface area contributed by atoms with Crippen molar-refractivity contribution in [2.75, 3.05) is 58.7 Å². The highest BCUT2D eigenvalue weighted by atomic mass is 16.5. The van der Waals surface area contributed by atoms with Gasteiger partial charge in [-0.15, -0.1) is 0 Å². The van der Waals surface area contributed by atoms with Gasteiger partial charge < -0.3 is 25.6 Å². The van der Waals surface area contributed by atoms with E-state index in [0.29, 0.717) is 12.5 Å². The standard InChI is InChI=1S/C16H27N5O/c1-20-8-4-9-21(12-11-20)10-7-18-16(17)19-14-5-3-6-15(13-14)22-2/h3,5-6,13H,4,7-12H2,1-2H3,(H3,17,18,19). The van der Waals surface area contributed by atoms with E-state index < -0.39 is 0 Å². The molecule has 0 radical (unpaired) electrons. The molecule has 1 aliphatic rings. The largest absolute Gasteiger partial charge is 0.497 e. The van der Waals surface area contributed by atoms with E-state index in [2.05, 4.69) is 27.2 Å².